The Balaban J connectivity index is 0.000000264. The summed E-state index contributed by atoms with van der Waals surface area (Å²) in [5.74, 6) is -3.29. The number of hydrazine groups is 2. The summed E-state index contributed by atoms with van der Waals surface area (Å²) in [5, 5.41) is 17.7. The summed E-state index contributed by atoms with van der Waals surface area (Å²) in [6.45, 7) is 22.4. The molecule has 2 aromatic heterocycles. The third kappa shape index (κ3) is 17.8. The van der Waals surface area contributed by atoms with Crippen molar-refractivity contribution in [3.8, 4) is 0 Å². The molecule has 4 aromatic rings. The number of nitrogens with one attached hydrogen (secondary N) is 6. The van der Waals surface area contributed by atoms with Crippen molar-refractivity contribution in [3.63, 3.8) is 0 Å². The molecule has 3 aliphatic rings. The van der Waals surface area contributed by atoms with Crippen molar-refractivity contribution in [3.05, 3.63) is 109 Å². The van der Waals surface area contributed by atoms with Gasteiger partial charge in [-0.3, -0.25) is 58.3 Å². The number of aromatic nitrogens is 2. The third-order valence-corrected chi connectivity index (χ3v) is 14.6. The molecule has 20 nitrogen and oxygen atoms in total. The van der Waals surface area contributed by atoms with Gasteiger partial charge in [0.05, 0.1) is 11.4 Å². The summed E-state index contributed by atoms with van der Waals surface area (Å²) in [4.78, 5) is 112. The number of benzene rings is 2. The Kier molecular flexibility index (Phi) is 23.4. The molecule has 7 rings (SSSR count). The van der Waals surface area contributed by atoms with E-state index >= 15 is 0 Å². The first-order chi connectivity index (χ1) is 39.1. The van der Waals surface area contributed by atoms with Gasteiger partial charge in [0.25, 0.3) is 11.8 Å². The Labute approximate surface area is 481 Å². The zero-order chi connectivity index (χ0) is 59.6. The zero-order valence-corrected chi connectivity index (χ0v) is 48.6. The monoisotopic (exact) mass is 1130 g/mol. The van der Waals surface area contributed by atoms with Gasteiger partial charge < -0.3 is 30.7 Å². The number of carbonyl (C=O) groups excluding carboxylic acids is 8. The van der Waals surface area contributed by atoms with Crippen molar-refractivity contribution in [2.75, 3.05) is 13.1 Å². The molecule has 0 spiro atoms. The molecule has 82 heavy (non-hydrogen) atoms. The summed E-state index contributed by atoms with van der Waals surface area (Å²) >= 11 is 0. The Hall–Kier alpha value is -7.84. The molecule has 0 saturated carbocycles. The fourth-order valence-electron chi connectivity index (χ4n) is 9.69. The van der Waals surface area contributed by atoms with E-state index < -0.39 is 72.2 Å². The van der Waals surface area contributed by atoms with E-state index in [4.69, 9.17) is 9.47 Å². The van der Waals surface area contributed by atoms with Crippen LogP contribution < -0.4 is 32.1 Å². The molecule has 6 amide bonds. The van der Waals surface area contributed by atoms with Crippen LogP contribution in [0.3, 0.4) is 0 Å². The standard InChI is InChI=1S/C32H43N5O5.C30H39N5O5/c1-7-9-10-13-28(38)35-29(20(3)4)30(39)34-21(5)31(40)37-16-11-12-27(36-37)32(41)42-22(6)23-14-15-24-19-33-26(8-2)18-25(24)17-23;1-18(2)27-28(37)32-19(3)29(38)35-14-8-10-25(34-35)30(39)40-20(4)21-12-13-22-17-31-24(16-23(22)15-21)9-6-5-7-11-26(36)33-27/h7-8,14-15,17-22,27,29,36H,1-2,9-13,16H2,3-6H3,(H,34,39)(H,35,38);6,9,12-13,15-20,25,27,34H,5,7-8,10-11,14H2,1-4H3,(H,32,37)(H,33,36)/b;9-6+/t21-,22+,27-,29-;19-,20+,25-,27-/m00/s1. The van der Waals surface area contributed by atoms with Gasteiger partial charge in [0.15, 0.2) is 0 Å². The topological polar surface area (TPSA) is 259 Å². The lowest BCUT2D eigenvalue weighted by Gasteiger charge is -2.35. The number of hydrogen-bond acceptors (Lipinski definition) is 14. The van der Waals surface area contributed by atoms with Crippen LogP contribution in [0.15, 0.2) is 86.2 Å². The first-order valence-electron chi connectivity index (χ1n) is 28.6. The second kappa shape index (κ2) is 30.3. The van der Waals surface area contributed by atoms with Crippen LogP contribution in [-0.4, -0.2) is 117 Å². The Bertz CT molecular complexity index is 3000. The number of rotatable bonds is 14. The van der Waals surface area contributed by atoms with Crippen LogP contribution >= 0.6 is 0 Å². The van der Waals surface area contributed by atoms with Crippen molar-refractivity contribution in [1.29, 1.82) is 0 Å². The first kappa shape index (κ1) is 63.3. The lowest BCUT2D eigenvalue weighted by molar-refractivity contribution is -0.158. The number of hydrogen-bond donors (Lipinski definition) is 6. The van der Waals surface area contributed by atoms with Gasteiger partial charge in [0.1, 0.15) is 48.5 Å². The Morgan fingerprint density at radius 2 is 1.55 bits per heavy atom. The molecule has 5 heterocycles. The number of nitrogens with zero attached hydrogens (tertiary/aromatic N) is 4. The SMILES string of the molecule is C=CCCCC(=O)N[C@H](C(=O)N[C@@H](C)C(=O)N1CCC[C@@H](C(=O)O[C@H](C)c2ccc3cnc(C=C)cc3c2)N1)C(C)C.CC(C)[C@@H]1NC(=O)CCC/C=C/c2cc3cc(ccc3cn2)[C@@H](C)OC(=O)[C@@H]2CCCN(N2)C(=O)[C@H](C)NC1=O. The number of carbonyl (C=O) groups is 8. The van der Waals surface area contributed by atoms with Gasteiger partial charge in [-0.15, -0.1) is 6.58 Å². The molecule has 0 unspecified atom stereocenters. The van der Waals surface area contributed by atoms with E-state index in [1.54, 1.807) is 45.3 Å². The molecule has 0 aliphatic carbocycles. The highest BCUT2D eigenvalue weighted by Gasteiger charge is 2.36. The molecular weight excluding hydrogens is 1040 g/mol. The maximum atomic E-state index is 13.2. The third-order valence-electron chi connectivity index (χ3n) is 14.6. The number of allylic oxidation sites excluding steroid dienone is 2. The predicted molar refractivity (Wildman–Crippen MR) is 314 cm³/mol. The minimum absolute atomic E-state index is 0.172. The predicted octanol–water partition coefficient (Wildman–Crippen LogP) is 7.16. The minimum Gasteiger partial charge on any atom is -0.457 e. The minimum atomic E-state index is -0.870. The second-order valence-electron chi connectivity index (χ2n) is 21.9. The molecule has 5 bridgehead atoms. The maximum absolute atomic E-state index is 13.2. The van der Waals surface area contributed by atoms with Gasteiger partial charge in [-0.05, 0) is 149 Å². The summed E-state index contributed by atoms with van der Waals surface area (Å²) in [7, 11) is 0. The van der Waals surface area contributed by atoms with Crippen LogP contribution in [0.1, 0.15) is 154 Å². The quantitative estimate of drug-likeness (QED) is 0.0416. The van der Waals surface area contributed by atoms with Crippen LogP contribution in [0.4, 0.5) is 0 Å². The van der Waals surface area contributed by atoms with Gasteiger partial charge in [-0.25, -0.2) is 10.9 Å². The average molecular weight is 1130 g/mol. The molecule has 3 aliphatic heterocycles. The highest BCUT2D eigenvalue weighted by molar-refractivity contribution is 5.94. The molecule has 20 heteroatoms. The largest absolute Gasteiger partial charge is 0.457 e. The lowest BCUT2D eigenvalue weighted by Crippen LogP contribution is -2.61. The molecular formula is C62H82N10O10. The number of unbranched alkanes of at least 4 members (excludes halogenated alkanes) is 1. The maximum Gasteiger partial charge on any atom is 0.325 e. The molecule has 440 valence electrons. The van der Waals surface area contributed by atoms with Crippen molar-refractivity contribution in [2.24, 2.45) is 11.8 Å². The van der Waals surface area contributed by atoms with Crippen molar-refractivity contribution in [1.82, 2.24) is 52.1 Å². The van der Waals surface area contributed by atoms with Crippen LogP contribution in [0.5, 0.6) is 0 Å². The van der Waals surface area contributed by atoms with Gasteiger partial charge in [-0.1, -0.05) is 70.7 Å². The van der Waals surface area contributed by atoms with E-state index in [0.717, 1.165) is 44.1 Å². The molecule has 6 N–H and O–H groups in total. The van der Waals surface area contributed by atoms with Gasteiger partial charge >= 0.3 is 11.9 Å². The second-order valence-corrected chi connectivity index (χ2v) is 21.9. The number of fused-ring (bicyclic) bond motifs is 5. The van der Waals surface area contributed by atoms with Crippen LogP contribution in [0.2, 0.25) is 0 Å². The number of amides is 6. The van der Waals surface area contributed by atoms with Gasteiger partial charge in [-0.2, -0.15) is 0 Å². The summed E-state index contributed by atoms with van der Waals surface area (Å²) in [6, 6.07) is 10.9. The summed E-state index contributed by atoms with van der Waals surface area (Å²) in [6.07, 6.45) is 15.4. The first-order valence-corrected chi connectivity index (χ1v) is 28.6. The van der Waals surface area contributed by atoms with Crippen LogP contribution in [0.25, 0.3) is 33.7 Å². The van der Waals surface area contributed by atoms with Crippen LogP contribution in [0, 0.1) is 11.8 Å². The number of cyclic esters (lactones) is 1. The zero-order valence-electron chi connectivity index (χ0n) is 48.6. The normalized spacial score (nSPS) is 21.7. The highest BCUT2D eigenvalue weighted by atomic mass is 16.5. The molecule has 2 aromatic carbocycles. The Morgan fingerprint density at radius 3 is 2.27 bits per heavy atom. The average Bonchev–Trinajstić information content (AvgIpc) is 3.48. The van der Waals surface area contributed by atoms with Crippen molar-refractivity contribution >= 4 is 81.1 Å². The van der Waals surface area contributed by atoms with E-state index in [1.165, 1.54) is 10.0 Å². The number of ether oxygens (including phenoxy) is 2. The molecule has 8 atom stereocenters. The number of esters is 2. The molecule has 0 radical (unpaired) electrons. The van der Waals surface area contributed by atoms with E-state index in [0.29, 0.717) is 70.9 Å². The molecule has 2 fully saturated rings. The lowest BCUT2D eigenvalue weighted by atomic mass is 10.0. The van der Waals surface area contributed by atoms with Crippen molar-refractivity contribution in [2.45, 2.75) is 168 Å². The summed E-state index contributed by atoms with van der Waals surface area (Å²) < 4.78 is 11.6. The Morgan fingerprint density at radius 1 is 0.829 bits per heavy atom. The van der Waals surface area contributed by atoms with E-state index in [-0.39, 0.29) is 41.9 Å². The fourth-order valence-corrected chi connectivity index (χ4v) is 9.69. The summed E-state index contributed by atoms with van der Waals surface area (Å²) in [5.41, 5.74) is 9.21. The van der Waals surface area contributed by atoms with E-state index in [9.17, 15) is 38.4 Å². The van der Waals surface area contributed by atoms with Gasteiger partial charge in [0, 0.05) is 49.1 Å². The van der Waals surface area contributed by atoms with E-state index in [1.807, 2.05) is 95.3 Å². The van der Waals surface area contributed by atoms with E-state index in [2.05, 4.69) is 55.2 Å². The molecule has 2 saturated heterocycles. The highest BCUT2D eigenvalue weighted by Crippen LogP contribution is 2.27. The van der Waals surface area contributed by atoms with Crippen molar-refractivity contribution < 1.29 is 47.8 Å². The van der Waals surface area contributed by atoms with Gasteiger partial charge in [0.2, 0.25) is 23.6 Å². The number of pyridine rings is 2. The van der Waals surface area contributed by atoms with Crippen LogP contribution in [-0.2, 0) is 47.8 Å². The fraction of sp³-hybridized carbons (Fsp3) is 0.484. The smallest absolute Gasteiger partial charge is 0.325 e.